The lowest BCUT2D eigenvalue weighted by molar-refractivity contribution is 0.0675. The molecule has 0 spiro atoms. The van der Waals surface area contributed by atoms with Gasteiger partial charge in [0.2, 0.25) is 0 Å². The monoisotopic (exact) mass is 270 g/mol. The molecule has 0 unspecified atom stereocenters. The molecule has 0 aromatic heterocycles. The molecule has 1 saturated carbocycles. The van der Waals surface area contributed by atoms with Crippen molar-refractivity contribution in [3.8, 4) is 0 Å². The molecule has 0 heterocycles. The number of ether oxygens (including phenoxy) is 1. The molecule has 104 valence electrons. The summed E-state index contributed by atoms with van der Waals surface area (Å²) in [6, 6.07) is 1.81. The highest BCUT2D eigenvalue weighted by Gasteiger charge is 2.34. The van der Waals surface area contributed by atoms with Crippen molar-refractivity contribution in [2.45, 2.75) is 18.9 Å². The quantitative estimate of drug-likeness (QED) is 0.830. The van der Waals surface area contributed by atoms with Gasteiger partial charge in [-0.05, 0) is 18.9 Å². The number of carbonyl (C=O) groups excluding carboxylic acids is 1. The lowest BCUT2D eigenvalue weighted by Crippen LogP contribution is -2.36. The molecule has 2 rings (SSSR count). The molecule has 0 aliphatic heterocycles. The number of nitrogens with zero attached hydrogens (tertiary/aromatic N) is 1. The molecule has 1 aromatic rings. The summed E-state index contributed by atoms with van der Waals surface area (Å²) in [7, 11) is 1.53. The molecule has 0 radical (unpaired) electrons. The Morgan fingerprint density at radius 2 is 2.11 bits per heavy atom. The Balaban J connectivity index is 2.23. The first-order chi connectivity index (χ1) is 9.04. The standard InChI is InChI=1S/C13H16F2N2O2/c1-19-5-4-17(8-2-3-8)13(18)9-6-12(16)11(15)7-10(9)14/h6-8H,2-5,16H2,1H3. The number of halogens is 2. The molecule has 19 heavy (non-hydrogen) atoms. The summed E-state index contributed by atoms with van der Waals surface area (Å²) in [6.45, 7) is 0.761. The smallest absolute Gasteiger partial charge is 0.257 e. The van der Waals surface area contributed by atoms with Gasteiger partial charge in [0.15, 0.2) is 0 Å². The van der Waals surface area contributed by atoms with E-state index in [9.17, 15) is 13.6 Å². The van der Waals surface area contributed by atoms with Crippen LogP contribution >= 0.6 is 0 Å². The predicted molar refractivity (Wildman–Crippen MR) is 66.7 cm³/mol. The van der Waals surface area contributed by atoms with Gasteiger partial charge in [-0.3, -0.25) is 4.79 Å². The number of rotatable bonds is 5. The summed E-state index contributed by atoms with van der Waals surface area (Å²) in [5, 5.41) is 0. The number of hydrogen-bond acceptors (Lipinski definition) is 3. The van der Waals surface area contributed by atoms with Gasteiger partial charge in [0.1, 0.15) is 11.6 Å². The highest BCUT2D eigenvalue weighted by Crippen LogP contribution is 2.29. The van der Waals surface area contributed by atoms with Crippen molar-refractivity contribution >= 4 is 11.6 Å². The van der Waals surface area contributed by atoms with Crippen LogP contribution in [0.3, 0.4) is 0 Å². The summed E-state index contributed by atoms with van der Waals surface area (Å²) in [5.41, 5.74) is 4.96. The first kappa shape index (κ1) is 13.7. The van der Waals surface area contributed by atoms with Crippen LogP contribution in [0.25, 0.3) is 0 Å². The van der Waals surface area contributed by atoms with Crippen LogP contribution in [0.2, 0.25) is 0 Å². The average molecular weight is 270 g/mol. The zero-order valence-corrected chi connectivity index (χ0v) is 10.7. The van der Waals surface area contributed by atoms with E-state index in [1.807, 2.05) is 0 Å². The van der Waals surface area contributed by atoms with E-state index in [0.29, 0.717) is 19.2 Å². The zero-order valence-electron chi connectivity index (χ0n) is 10.7. The van der Waals surface area contributed by atoms with Crippen LogP contribution in [0, 0.1) is 11.6 Å². The zero-order chi connectivity index (χ0) is 14.0. The Bertz CT molecular complexity index is 490. The Hall–Kier alpha value is -1.69. The minimum Gasteiger partial charge on any atom is -0.396 e. The van der Waals surface area contributed by atoms with Crippen LogP contribution in [0.5, 0.6) is 0 Å². The topological polar surface area (TPSA) is 55.6 Å². The van der Waals surface area contributed by atoms with Gasteiger partial charge in [-0.1, -0.05) is 0 Å². The van der Waals surface area contributed by atoms with Crippen molar-refractivity contribution in [2.24, 2.45) is 0 Å². The number of benzene rings is 1. The molecule has 1 amide bonds. The molecule has 2 N–H and O–H groups in total. The predicted octanol–water partition coefficient (Wildman–Crippen LogP) is 1.80. The third-order valence-corrected chi connectivity index (χ3v) is 3.10. The highest BCUT2D eigenvalue weighted by atomic mass is 19.1. The Morgan fingerprint density at radius 3 is 2.68 bits per heavy atom. The minimum absolute atomic E-state index is 0.119. The van der Waals surface area contributed by atoms with Crippen LogP contribution in [0.1, 0.15) is 23.2 Å². The average Bonchev–Trinajstić information content (AvgIpc) is 3.18. The molecule has 1 fully saturated rings. The fourth-order valence-electron chi connectivity index (χ4n) is 1.91. The number of nitrogens with two attached hydrogens (primary N) is 1. The minimum atomic E-state index is -0.889. The fraction of sp³-hybridized carbons (Fsp3) is 0.462. The van der Waals surface area contributed by atoms with E-state index in [1.54, 1.807) is 4.90 Å². The van der Waals surface area contributed by atoms with Crippen molar-refractivity contribution in [3.05, 3.63) is 29.3 Å². The van der Waals surface area contributed by atoms with Crippen LogP contribution in [-0.2, 0) is 4.74 Å². The van der Waals surface area contributed by atoms with E-state index >= 15 is 0 Å². The van der Waals surface area contributed by atoms with Crippen molar-refractivity contribution in [1.82, 2.24) is 4.90 Å². The maximum absolute atomic E-state index is 13.7. The molecule has 1 aliphatic carbocycles. The van der Waals surface area contributed by atoms with Gasteiger partial charge in [-0.15, -0.1) is 0 Å². The van der Waals surface area contributed by atoms with Crippen LogP contribution in [-0.4, -0.2) is 37.1 Å². The van der Waals surface area contributed by atoms with Crippen molar-refractivity contribution in [3.63, 3.8) is 0 Å². The molecule has 4 nitrogen and oxygen atoms in total. The molecule has 0 saturated heterocycles. The molecular weight excluding hydrogens is 254 g/mol. The number of methoxy groups -OCH3 is 1. The van der Waals surface area contributed by atoms with Gasteiger partial charge >= 0.3 is 0 Å². The van der Waals surface area contributed by atoms with E-state index in [-0.39, 0.29) is 17.3 Å². The highest BCUT2D eigenvalue weighted by molar-refractivity contribution is 5.95. The van der Waals surface area contributed by atoms with Gasteiger partial charge < -0.3 is 15.4 Å². The maximum atomic E-state index is 13.7. The number of anilines is 1. The van der Waals surface area contributed by atoms with Crippen LogP contribution < -0.4 is 5.73 Å². The number of hydrogen-bond donors (Lipinski definition) is 1. The van der Waals surface area contributed by atoms with Crippen molar-refractivity contribution in [2.75, 3.05) is 26.0 Å². The van der Waals surface area contributed by atoms with E-state index in [0.717, 1.165) is 18.9 Å². The SMILES string of the molecule is COCCN(C(=O)c1cc(N)c(F)cc1F)C1CC1. The number of carbonyl (C=O) groups is 1. The Morgan fingerprint density at radius 1 is 1.42 bits per heavy atom. The molecule has 6 heteroatoms. The number of nitrogen functional groups attached to an aromatic ring is 1. The van der Waals surface area contributed by atoms with Gasteiger partial charge in [0, 0.05) is 25.8 Å². The normalized spacial score (nSPS) is 14.5. The Labute approximate surface area is 110 Å². The lowest BCUT2D eigenvalue weighted by Gasteiger charge is -2.22. The summed E-state index contributed by atoms with van der Waals surface area (Å²) in [4.78, 5) is 13.8. The molecule has 1 aliphatic rings. The third kappa shape index (κ3) is 3.01. The summed E-state index contributed by atoms with van der Waals surface area (Å²) in [5.74, 6) is -2.22. The third-order valence-electron chi connectivity index (χ3n) is 3.10. The Kier molecular flexibility index (Phi) is 3.99. The van der Waals surface area contributed by atoms with Crippen molar-refractivity contribution < 1.29 is 18.3 Å². The molecule has 1 aromatic carbocycles. The van der Waals surface area contributed by atoms with E-state index < -0.39 is 17.5 Å². The van der Waals surface area contributed by atoms with E-state index in [4.69, 9.17) is 10.5 Å². The molecule has 0 bridgehead atoms. The van der Waals surface area contributed by atoms with Gasteiger partial charge in [0.25, 0.3) is 5.91 Å². The van der Waals surface area contributed by atoms with E-state index in [1.165, 1.54) is 7.11 Å². The van der Waals surface area contributed by atoms with Gasteiger partial charge in [-0.2, -0.15) is 0 Å². The second kappa shape index (κ2) is 5.52. The first-order valence-electron chi connectivity index (χ1n) is 6.09. The maximum Gasteiger partial charge on any atom is 0.257 e. The van der Waals surface area contributed by atoms with E-state index in [2.05, 4.69) is 0 Å². The summed E-state index contributed by atoms with van der Waals surface area (Å²) >= 11 is 0. The number of amides is 1. The largest absolute Gasteiger partial charge is 0.396 e. The molecular formula is C13H16F2N2O2. The second-order valence-corrected chi connectivity index (χ2v) is 4.58. The summed E-state index contributed by atoms with van der Waals surface area (Å²) in [6.07, 6.45) is 1.79. The summed E-state index contributed by atoms with van der Waals surface area (Å²) < 4.78 is 31.7. The fourth-order valence-corrected chi connectivity index (χ4v) is 1.91. The lowest BCUT2D eigenvalue weighted by atomic mass is 10.1. The first-order valence-corrected chi connectivity index (χ1v) is 6.09. The molecule has 0 atom stereocenters. The van der Waals surface area contributed by atoms with Gasteiger partial charge in [0.05, 0.1) is 17.9 Å². The van der Waals surface area contributed by atoms with Gasteiger partial charge in [-0.25, -0.2) is 8.78 Å². The van der Waals surface area contributed by atoms with Crippen molar-refractivity contribution in [1.29, 1.82) is 0 Å². The van der Waals surface area contributed by atoms with Crippen LogP contribution in [0.4, 0.5) is 14.5 Å². The van der Waals surface area contributed by atoms with Crippen LogP contribution in [0.15, 0.2) is 12.1 Å². The second-order valence-electron chi connectivity index (χ2n) is 4.58.